The number of rotatable bonds is 2. The normalized spacial score (nSPS) is 28.9. The van der Waals surface area contributed by atoms with Crippen LogP contribution in [0.4, 0.5) is 0 Å². The molecule has 0 unspecified atom stereocenters. The Labute approximate surface area is 97.5 Å². The van der Waals surface area contributed by atoms with Crippen molar-refractivity contribution in [3.63, 3.8) is 0 Å². The number of ether oxygens (including phenoxy) is 1. The van der Waals surface area contributed by atoms with Crippen molar-refractivity contribution in [3.8, 4) is 0 Å². The van der Waals surface area contributed by atoms with Gasteiger partial charge in [-0.3, -0.25) is 4.57 Å². The molecule has 90 valence electrons. The Hall–Kier alpha value is -1.50. The minimum atomic E-state index is -0.647. The number of aromatic nitrogens is 3. The Bertz CT molecular complexity index is 527. The Morgan fingerprint density at radius 1 is 1.47 bits per heavy atom. The van der Waals surface area contributed by atoms with Crippen LogP contribution in [0.2, 0.25) is 0 Å². The molecular formula is C11H13N3O3. The highest BCUT2D eigenvalue weighted by molar-refractivity contribution is 5.70. The zero-order valence-corrected chi connectivity index (χ0v) is 9.10. The number of pyridine rings is 1. The number of hydrogen-bond acceptors (Lipinski definition) is 5. The van der Waals surface area contributed by atoms with Gasteiger partial charge in [0.1, 0.15) is 17.8 Å². The van der Waals surface area contributed by atoms with Gasteiger partial charge in [-0.1, -0.05) is 0 Å². The van der Waals surface area contributed by atoms with Gasteiger partial charge in [0.25, 0.3) is 0 Å². The van der Waals surface area contributed by atoms with Gasteiger partial charge in [-0.25, -0.2) is 9.97 Å². The maximum atomic E-state index is 9.69. The molecule has 6 nitrogen and oxygen atoms in total. The van der Waals surface area contributed by atoms with Crippen LogP contribution in [0.15, 0.2) is 24.7 Å². The minimum Gasteiger partial charge on any atom is -0.394 e. The summed E-state index contributed by atoms with van der Waals surface area (Å²) in [5.41, 5.74) is 1.52. The predicted octanol–water partition coefficient (Wildman–Crippen LogP) is 0.0720. The molecule has 1 fully saturated rings. The smallest absolute Gasteiger partial charge is 0.161 e. The first kappa shape index (κ1) is 10.6. The van der Waals surface area contributed by atoms with Crippen molar-refractivity contribution in [3.05, 3.63) is 24.7 Å². The molecule has 0 radical (unpaired) electrons. The highest BCUT2D eigenvalue weighted by atomic mass is 16.5. The zero-order chi connectivity index (χ0) is 11.8. The van der Waals surface area contributed by atoms with Crippen LogP contribution in [0.3, 0.4) is 0 Å². The van der Waals surface area contributed by atoms with Crippen LogP contribution < -0.4 is 0 Å². The molecule has 1 aliphatic heterocycles. The molecule has 1 aliphatic rings. The standard InChI is InChI=1S/C11H13N3O3/c15-5-9-8(16)4-10(17-9)14-6-13-7-2-1-3-12-11(7)14/h1-3,6,8-10,15-16H,4-5H2/t8-,9+,10+/m0/s1. The summed E-state index contributed by atoms with van der Waals surface area (Å²) >= 11 is 0. The van der Waals surface area contributed by atoms with E-state index in [9.17, 15) is 5.11 Å². The van der Waals surface area contributed by atoms with E-state index in [1.54, 1.807) is 17.1 Å². The van der Waals surface area contributed by atoms with Crippen LogP contribution in [0.25, 0.3) is 11.2 Å². The lowest BCUT2D eigenvalue weighted by Gasteiger charge is -2.13. The van der Waals surface area contributed by atoms with E-state index in [0.717, 1.165) is 11.2 Å². The second kappa shape index (κ2) is 4.06. The van der Waals surface area contributed by atoms with Crippen molar-refractivity contribution in [2.75, 3.05) is 6.61 Å². The van der Waals surface area contributed by atoms with Crippen LogP contribution in [0.1, 0.15) is 12.6 Å². The van der Waals surface area contributed by atoms with Gasteiger partial charge < -0.3 is 14.9 Å². The lowest BCUT2D eigenvalue weighted by atomic mass is 10.2. The fourth-order valence-electron chi connectivity index (χ4n) is 2.13. The lowest BCUT2D eigenvalue weighted by Crippen LogP contribution is -2.24. The van der Waals surface area contributed by atoms with Gasteiger partial charge in [0.2, 0.25) is 0 Å². The van der Waals surface area contributed by atoms with Crippen LogP contribution in [-0.2, 0) is 4.74 Å². The van der Waals surface area contributed by atoms with Gasteiger partial charge in [0.15, 0.2) is 5.65 Å². The Balaban J connectivity index is 1.95. The van der Waals surface area contributed by atoms with Crippen molar-refractivity contribution in [2.24, 2.45) is 0 Å². The van der Waals surface area contributed by atoms with Gasteiger partial charge in [-0.05, 0) is 12.1 Å². The Morgan fingerprint density at radius 3 is 3.12 bits per heavy atom. The number of aliphatic hydroxyl groups is 2. The van der Waals surface area contributed by atoms with E-state index in [4.69, 9.17) is 9.84 Å². The Morgan fingerprint density at radius 2 is 2.35 bits per heavy atom. The molecule has 0 aromatic carbocycles. The summed E-state index contributed by atoms with van der Waals surface area (Å²) in [5, 5.41) is 18.7. The summed E-state index contributed by atoms with van der Waals surface area (Å²) in [4.78, 5) is 8.45. The van der Waals surface area contributed by atoms with E-state index in [1.807, 2.05) is 12.1 Å². The molecule has 6 heteroatoms. The first-order valence-corrected chi connectivity index (χ1v) is 5.51. The molecule has 3 rings (SSSR count). The monoisotopic (exact) mass is 235 g/mol. The van der Waals surface area contributed by atoms with Crippen LogP contribution in [0.5, 0.6) is 0 Å². The van der Waals surface area contributed by atoms with E-state index in [1.165, 1.54) is 0 Å². The van der Waals surface area contributed by atoms with Gasteiger partial charge in [-0.15, -0.1) is 0 Å². The molecule has 2 N–H and O–H groups in total. The molecule has 0 bridgehead atoms. The number of imidazole rings is 1. The van der Waals surface area contributed by atoms with E-state index >= 15 is 0 Å². The second-order valence-corrected chi connectivity index (χ2v) is 4.11. The number of nitrogens with zero attached hydrogens (tertiary/aromatic N) is 3. The topological polar surface area (TPSA) is 80.4 Å². The summed E-state index contributed by atoms with van der Waals surface area (Å²) in [6.45, 7) is -0.183. The molecule has 2 aromatic heterocycles. The highest BCUT2D eigenvalue weighted by Crippen LogP contribution is 2.30. The molecule has 17 heavy (non-hydrogen) atoms. The van der Waals surface area contributed by atoms with Crippen molar-refractivity contribution < 1.29 is 14.9 Å². The lowest BCUT2D eigenvalue weighted by molar-refractivity contribution is -0.0432. The fourth-order valence-corrected chi connectivity index (χ4v) is 2.13. The quantitative estimate of drug-likeness (QED) is 0.770. The van der Waals surface area contributed by atoms with Gasteiger partial charge in [-0.2, -0.15) is 0 Å². The summed E-state index contributed by atoms with van der Waals surface area (Å²) in [7, 11) is 0. The summed E-state index contributed by atoms with van der Waals surface area (Å²) in [5.74, 6) is 0. The number of aliphatic hydroxyl groups excluding tert-OH is 2. The van der Waals surface area contributed by atoms with Crippen molar-refractivity contribution >= 4 is 11.2 Å². The number of hydrogen-bond donors (Lipinski definition) is 2. The van der Waals surface area contributed by atoms with E-state index in [-0.39, 0.29) is 12.8 Å². The molecular weight excluding hydrogens is 222 g/mol. The first-order chi connectivity index (χ1) is 8.29. The molecule has 0 amide bonds. The molecule has 1 saturated heterocycles. The fraction of sp³-hybridized carbons (Fsp3) is 0.455. The average molecular weight is 235 g/mol. The maximum absolute atomic E-state index is 9.69. The van der Waals surface area contributed by atoms with Gasteiger partial charge in [0, 0.05) is 12.6 Å². The zero-order valence-electron chi connectivity index (χ0n) is 9.10. The van der Waals surface area contributed by atoms with E-state index in [2.05, 4.69) is 9.97 Å². The van der Waals surface area contributed by atoms with E-state index < -0.39 is 12.2 Å². The summed E-state index contributed by atoms with van der Waals surface area (Å²) < 4.78 is 7.34. The molecule has 3 atom stereocenters. The van der Waals surface area contributed by atoms with Gasteiger partial charge >= 0.3 is 0 Å². The minimum absolute atomic E-state index is 0.183. The van der Waals surface area contributed by atoms with Crippen LogP contribution >= 0.6 is 0 Å². The van der Waals surface area contributed by atoms with Crippen molar-refractivity contribution in [1.29, 1.82) is 0 Å². The van der Waals surface area contributed by atoms with Crippen molar-refractivity contribution in [1.82, 2.24) is 14.5 Å². The molecule has 3 heterocycles. The summed E-state index contributed by atoms with van der Waals surface area (Å²) in [6.07, 6.45) is 2.28. The number of fused-ring (bicyclic) bond motifs is 1. The van der Waals surface area contributed by atoms with E-state index in [0.29, 0.717) is 6.42 Å². The average Bonchev–Trinajstić information content (AvgIpc) is 2.92. The second-order valence-electron chi connectivity index (χ2n) is 4.11. The molecule has 0 aliphatic carbocycles. The van der Waals surface area contributed by atoms with Crippen molar-refractivity contribution in [2.45, 2.75) is 24.9 Å². The van der Waals surface area contributed by atoms with Crippen LogP contribution in [0, 0.1) is 0 Å². The first-order valence-electron chi connectivity index (χ1n) is 5.51. The largest absolute Gasteiger partial charge is 0.394 e. The highest BCUT2D eigenvalue weighted by Gasteiger charge is 2.35. The third-order valence-corrected chi connectivity index (χ3v) is 3.03. The summed E-state index contributed by atoms with van der Waals surface area (Å²) in [6, 6.07) is 3.69. The molecule has 0 saturated carbocycles. The predicted molar refractivity (Wildman–Crippen MR) is 59.1 cm³/mol. The molecule has 2 aromatic rings. The molecule has 0 spiro atoms. The third-order valence-electron chi connectivity index (χ3n) is 3.03. The Kier molecular flexibility index (Phi) is 2.54. The van der Waals surface area contributed by atoms with Crippen LogP contribution in [-0.4, -0.2) is 43.6 Å². The SMILES string of the molecule is OC[C@H]1O[C@@H](n2cnc3cccnc32)C[C@@H]1O. The maximum Gasteiger partial charge on any atom is 0.161 e. The van der Waals surface area contributed by atoms with Gasteiger partial charge in [0.05, 0.1) is 19.0 Å². The third kappa shape index (κ3) is 1.70.